The Kier molecular flexibility index (Phi) is 5.84. The molecule has 1 fully saturated rings. The predicted octanol–water partition coefficient (Wildman–Crippen LogP) is 3.53. The SMILES string of the molecule is O=C(c1cn[nH]c1-c1ccc(Cl)cc1)N1CCN(S(=O)(=O)c2ccccc2Cl)CC1. The minimum atomic E-state index is -3.72. The molecule has 0 radical (unpaired) electrons. The van der Waals surface area contributed by atoms with Crippen molar-refractivity contribution in [2.45, 2.75) is 4.90 Å². The van der Waals surface area contributed by atoms with Crippen LogP contribution >= 0.6 is 23.2 Å². The molecule has 156 valence electrons. The predicted molar refractivity (Wildman–Crippen MR) is 115 cm³/mol. The lowest BCUT2D eigenvalue weighted by atomic mass is 10.1. The normalized spacial score (nSPS) is 15.3. The van der Waals surface area contributed by atoms with Crippen LogP contribution in [0.5, 0.6) is 0 Å². The molecule has 7 nitrogen and oxygen atoms in total. The fraction of sp³-hybridized carbons (Fsp3) is 0.200. The van der Waals surface area contributed by atoms with E-state index in [0.29, 0.717) is 16.3 Å². The number of carbonyl (C=O) groups is 1. The van der Waals surface area contributed by atoms with E-state index in [-0.39, 0.29) is 42.0 Å². The molecule has 1 aromatic heterocycles. The summed E-state index contributed by atoms with van der Waals surface area (Å²) in [5.41, 5.74) is 1.82. The first-order valence-corrected chi connectivity index (χ1v) is 11.4. The Morgan fingerprint density at radius 3 is 2.30 bits per heavy atom. The maximum absolute atomic E-state index is 13.1. The van der Waals surface area contributed by atoms with E-state index in [1.165, 1.54) is 16.6 Å². The summed E-state index contributed by atoms with van der Waals surface area (Å²) >= 11 is 12.0. The fourth-order valence-corrected chi connectivity index (χ4v) is 5.42. The number of nitrogens with one attached hydrogen (secondary N) is 1. The molecule has 1 N–H and O–H groups in total. The monoisotopic (exact) mass is 464 g/mol. The lowest BCUT2D eigenvalue weighted by Gasteiger charge is -2.34. The number of halogens is 2. The van der Waals surface area contributed by atoms with Gasteiger partial charge in [-0.2, -0.15) is 9.40 Å². The Hall–Kier alpha value is -2.39. The van der Waals surface area contributed by atoms with Crippen LogP contribution in [0.15, 0.2) is 59.6 Å². The highest BCUT2D eigenvalue weighted by Gasteiger charge is 2.32. The third-order valence-electron chi connectivity index (χ3n) is 4.98. The third kappa shape index (κ3) is 3.96. The molecule has 1 saturated heterocycles. The number of hydrogen-bond donors (Lipinski definition) is 1. The molecule has 0 bridgehead atoms. The highest BCUT2D eigenvalue weighted by atomic mass is 35.5. The summed E-state index contributed by atoms with van der Waals surface area (Å²) in [6, 6.07) is 13.4. The quantitative estimate of drug-likeness (QED) is 0.639. The number of rotatable bonds is 4. The van der Waals surface area contributed by atoms with Gasteiger partial charge in [0.1, 0.15) is 4.90 Å². The first-order valence-electron chi connectivity index (χ1n) is 9.21. The van der Waals surface area contributed by atoms with Gasteiger partial charge in [-0.05, 0) is 24.3 Å². The van der Waals surface area contributed by atoms with Gasteiger partial charge >= 0.3 is 0 Å². The van der Waals surface area contributed by atoms with Crippen molar-refractivity contribution in [3.05, 3.63) is 70.3 Å². The fourth-order valence-electron chi connectivity index (χ4n) is 3.38. The van der Waals surface area contributed by atoms with Crippen LogP contribution in [0.1, 0.15) is 10.4 Å². The zero-order valence-corrected chi connectivity index (χ0v) is 18.1. The molecule has 2 heterocycles. The van der Waals surface area contributed by atoms with Gasteiger partial charge in [0.05, 0.1) is 22.5 Å². The largest absolute Gasteiger partial charge is 0.336 e. The van der Waals surface area contributed by atoms with E-state index >= 15 is 0 Å². The van der Waals surface area contributed by atoms with Crippen molar-refractivity contribution < 1.29 is 13.2 Å². The Bertz CT molecular complexity index is 1170. The average molecular weight is 465 g/mol. The summed E-state index contributed by atoms with van der Waals surface area (Å²) < 4.78 is 27.1. The minimum absolute atomic E-state index is 0.0753. The van der Waals surface area contributed by atoms with E-state index in [9.17, 15) is 13.2 Å². The number of hydrogen-bond acceptors (Lipinski definition) is 4. The molecule has 3 aromatic rings. The summed E-state index contributed by atoms with van der Waals surface area (Å²) in [6.45, 7) is 0.919. The summed E-state index contributed by atoms with van der Waals surface area (Å²) in [4.78, 5) is 14.8. The number of piperazine rings is 1. The van der Waals surface area contributed by atoms with Gasteiger partial charge in [-0.1, -0.05) is 47.5 Å². The van der Waals surface area contributed by atoms with E-state index < -0.39 is 10.0 Å². The molecule has 0 spiro atoms. The molecule has 4 rings (SSSR count). The van der Waals surface area contributed by atoms with E-state index in [2.05, 4.69) is 10.2 Å². The third-order valence-corrected chi connectivity index (χ3v) is 7.63. The van der Waals surface area contributed by atoms with Crippen molar-refractivity contribution in [3.63, 3.8) is 0 Å². The van der Waals surface area contributed by atoms with Gasteiger partial charge in [-0.3, -0.25) is 9.89 Å². The zero-order chi connectivity index (χ0) is 21.3. The van der Waals surface area contributed by atoms with Crippen LogP contribution < -0.4 is 0 Å². The second-order valence-corrected chi connectivity index (χ2v) is 9.54. The summed E-state index contributed by atoms with van der Waals surface area (Å²) in [6.07, 6.45) is 1.49. The number of H-pyrrole nitrogens is 1. The standard InChI is InChI=1S/C20H18Cl2N4O3S/c21-15-7-5-14(6-8-15)19-16(13-23-24-19)20(27)25-9-11-26(12-10-25)30(28,29)18-4-2-1-3-17(18)22/h1-8,13H,9-12H2,(H,23,24). The number of aromatic nitrogens is 2. The van der Waals surface area contributed by atoms with E-state index in [1.54, 1.807) is 47.4 Å². The van der Waals surface area contributed by atoms with Crippen LogP contribution in [0.25, 0.3) is 11.3 Å². The van der Waals surface area contributed by atoms with Crippen LogP contribution in [-0.4, -0.2) is 59.9 Å². The summed E-state index contributed by atoms with van der Waals surface area (Å²) in [5.74, 6) is -0.205. The molecule has 1 amide bonds. The molecule has 1 aliphatic heterocycles. The highest BCUT2D eigenvalue weighted by Crippen LogP contribution is 2.27. The van der Waals surface area contributed by atoms with Crippen LogP contribution in [0.2, 0.25) is 10.0 Å². The second kappa shape index (κ2) is 8.39. The molecule has 2 aromatic carbocycles. The highest BCUT2D eigenvalue weighted by molar-refractivity contribution is 7.89. The molecule has 0 aliphatic carbocycles. The topological polar surface area (TPSA) is 86.4 Å². The summed E-state index contributed by atoms with van der Waals surface area (Å²) in [7, 11) is -3.72. The van der Waals surface area contributed by atoms with E-state index in [0.717, 1.165) is 5.56 Å². The number of benzene rings is 2. The maximum atomic E-state index is 13.1. The minimum Gasteiger partial charge on any atom is -0.336 e. The smallest absolute Gasteiger partial charge is 0.257 e. The van der Waals surface area contributed by atoms with Crippen LogP contribution in [0.4, 0.5) is 0 Å². The molecule has 0 unspecified atom stereocenters. The number of carbonyl (C=O) groups excluding carboxylic acids is 1. The number of aromatic amines is 1. The van der Waals surface area contributed by atoms with Gasteiger partial charge in [-0.15, -0.1) is 0 Å². The van der Waals surface area contributed by atoms with Gasteiger partial charge in [0.2, 0.25) is 10.0 Å². The van der Waals surface area contributed by atoms with Crippen molar-refractivity contribution in [2.75, 3.05) is 26.2 Å². The Morgan fingerprint density at radius 2 is 1.63 bits per heavy atom. The van der Waals surface area contributed by atoms with Gasteiger partial charge in [-0.25, -0.2) is 8.42 Å². The van der Waals surface area contributed by atoms with Crippen molar-refractivity contribution in [1.82, 2.24) is 19.4 Å². The summed E-state index contributed by atoms with van der Waals surface area (Å²) in [5, 5.41) is 7.66. The number of nitrogens with zero attached hydrogens (tertiary/aromatic N) is 3. The van der Waals surface area contributed by atoms with Gasteiger partial charge in [0, 0.05) is 36.8 Å². The number of amides is 1. The molecular formula is C20H18Cl2N4O3S. The zero-order valence-electron chi connectivity index (χ0n) is 15.8. The molecule has 0 atom stereocenters. The van der Waals surface area contributed by atoms with Gasteiger partial charge in [0.25, 0.3) is 5.91 Å². The molecule has 30 heavy (non-hydrogen) atoms. The Morgan fingerprint density at radius 1 is 0.967 bits per heavy atom. The van der Waals surface area contributed by atoms with Crippen molar-refractivity contribution in [1.29, 1.82) is 0 Å². The van der Waals surface area contributed by atoms with Crippen molar-refractivity contribution in [3.8, 4) is 11.3 Å². The second-order valence-electron chi connectivity index (χ2n) is 6.79. The lowest BCUT2D eigenvalue weighted by molar-refractivity contribution is 0.0698. The van der Waals surface area contributed by atoms with Gasteiger partial charge in [0.15, 0.2) is 0 Å². The van der Waals surface area contributed by atoms with Gasteiger partial charge < -0.3 is 4.90 Å². The van der Waals surface area contributed by atoms with Crippen LogP contribution in [-0.2, 0) is 10.0 Å². The number of sulfonamides is 1. The van der Waals surface area contributed by atoms with Crippen molar-refractivity contribution >= 4 is 39.1 Å². The van der Waals surface area contributed by atoms with E-state index in [1.807, 2.05) is 0 Å². The molecule has 1 aliphatic rings. The maximum Gasteiger partial charge on any atom is 0.257 e. The Labute approximate surface area is 184 Å². The first-order chi connectivity index (χ1) is 14.4. The molecular weight excluding hydrogens is 447 g/mol. The average Bonchev–Trinajstić information content (AvgIpc) is 3.24. The Balaban J connectivity index is 1.49. The lowest BCUT2D eigenvalue weighted by Crippen LogP contribution is -2.50. The molecule has 10 heteroatoms. The van der Waals surface area contributed by atoms with Crippen LogP contribution in [0.3, 0.4) is 0 Å². The van der Waals surface area contributed by atoms with E-state index in [4.69, 9.17) is 23.2 Å². The van der Waals surface area contributed by atoms with Crippen molar-refractivity contribution in [2.24, 2.45) is 0 Å². The first kappa shape index (κ1) is 20.9. The van der Waals surface area contributed by atoms with Crippen LogP contribution in [0, 0.1) is 0 Å². The molecule has 0 saturated carbocycles.